The van der Waals surface area contributed by atoms with E-state index in [0.29, 0.717) is 12.0 Å². The molecule has 0 radical (unpaired) electrons. The van der Waals surface area contributed by atoms with Crippen molar-refractivity contribution in [3.05, 3.63) is 0 Å². The number of amides is 1. The summed E-state index contributed by atoms with van der Waals surface area (Å²) in [6.45, 7) is 4.37. The molecule has 106 valence electrons. The Kier molecular flexibility index (Phi) is 6.69. The Morgan fingerprint density at radius 1 is 1.17 bits per heavy atom. The largest absolute Gasteiger partial charge is 0.347 e. The predicted molar refractivity (Wildman–Crippen MR) is 76.6 cm³/mol. The van der Waals surface area contributed by atoms with E-state index >= 15 is 0 Å². The topological polar surface area (TPSA) is 32.3 Å². The number of hydrogen-bond donors (Lipinski definition) is 1. The average Bonchev–Trinajstić information content (AvgIpc) is 2.55. The first kappa shape index (κ1) is 15.5. The van der Waals surface area contributed by atoms with E-state index in [4.69, 9.17) is 0 Å². The van der Waals surface area contributed by atoms with Crippen LogP contribution in [-0.4, -0.2) is 37.0 Å². The summed E-state index contributed by atoms with van der Waals surface area (Å²) in [5.41, 5.74) is 0. The van der Waals surface area contributed by atoms with E-state index in [-0.39, 0.29) is 11.9 Å². The monoisotopic (exact) mass is 254 g/mol. The number of nitrogens with one attached hydrogen (secondary N) is 1. The third kappa shape index (κ3) is 5.38. The van der Waals surface area contributed by atoms with Crippen LogP contribution in [0, 0.1) is 5.92 Å². The molecule has 0 heterocycles. The molecule has 3 heteroatoms. The first-order chi connectivity index (χ1) is 8.50. The maximum atomic E-state index is 12.2. The Hall–Kier alpha value is -0.570. The molecule has 1 fully saturated rings. The highest BCUT2D eigenvalue weighted by molar-refractivity contribution is 5.81. The minimum Gasteiger partial charge on any atom is -0.347 e. The Morgan fingerprint density at radius 2 is 1.72 bits per heavy atom. The number of carbonyl (C=O) groups excluding carboxylic acids is 1. The van der Waals surface area contributed by atoms with Crippen molar-refractivity contribution in [1.82, 2.24) is 10.2 Å². The minimum absolute atomic E-state index is 0.00287. The van der Waals surface area contributed by atoms with Crippen molar-refractivity contribution in [3.63, 3.8) is 0 Å². The van der Waals surface area contributed by atoms with Crippen molar-refractivity contribution in [2.24, 2.45) is 5.92 Å². The number of likely N-dealkylation sites (N-methyl/N-ethyl adjacent to an activating group) is 1. The molecule has 3 nitrogen and oxygen atoms in total. The Labute approximate surface area is 112 Å². The summed E-state index contributed by atoms with van der Waals surface area (Å²) in [6, 6.07) is 0.545. The normalized spacial score (nSPS) is 19.6. The average molecular weight is 254 g/mol. The molecule has 1 N–H and O–H groups in total. The highest BCUT2D eigenvalue weighted by Gasteiger charge is 2.24. The standard InChI is InChI=1S/C15H30N2O/c1-12(2)11-14(15(18)17(3)4)16-13-9-7-5-6-8-10-13/h12-14,16H,5-11H2,1-4H3. The second-order valence-electron chi connectivity index (χ2n) is 6.27. The van der Waals surface area contributed by atoms with Gasteiger partial charge in [0.05, 0.1) is 6.04 Å². The highest BCUT2D eigenvalue weighted by Crippen LogP contribution is 2.19. The highest BCUT2D eigenvalue weighted by atomic mass is 16.2. The van der Waals surface area contributed by atoms with Crippen molar-refractivity contribution < 1.29 is 4.79 Å². The summed E-state index contributed by atoms with van der Waals surface area (Å²) in [7, 11) is 3.70. The van der Waals surface area contributed by atoms with Gasteiger partial charge in [0.15, 0.2) is 0 Å². The van der Waals surface area contributed by atoms with Gasteiger partial charge in [0.2, 0.25) is 5.91 Å². The first-order valence-electron chi connectivity index (χ1n) is 7.48. The van der Waals surface area contributed by atoms with Crippen LogP contribution >= 0.6 is 0 Å². The van der Waals surface area contributed by atoms with Gasteiger partial charge in [-0.1, -0.05) is 39.5 Å². The van der Waals surface area contributed by atoms with Crippen molar-refractivity contribution in [2.75, 3.05) is 14.1 Å². The van der Waals surface area contributed by atoms with E-state index in [1.54, 1.807) is 4.90 Å². The number of nitrogens with zero attached hydrogens (tertiary/aromatic N) is 1. The van der Waals surface area contributed by atoms with Crippen LogP contribution in [0.5, 0.6) is 0 Å². The molecule has 1 amide bonds. The van der Waals surface area contributed by atoms with Gasteiger partial charge in [-0.25, -0.2) is 0 Å². The third-order valence-corrected chi connectivity index (χ3v) is 3.74. The van der Waals surface area contributed by atoms with Gasteiger partial charge in [0.1, 0.15) is 0 Å². The lowest BCUT2D eigenvalue weighted by atomic mass is 10.00. The van der Waals surface area contributed by atoms with Gasteiger partial charge in [0, 0.05) is 20.1 Å². The van der Waals surface area contributed by atoms with Gasteiger partial charge in [-0.3, -0.25) is 4.79 Å². The SMILES string of the molecule is CC(C)CC(NC1CCCCCC1)C(=O)N(C)C. The van der Waals surface area contributed by atoms with E-state index in [1.165, 1.54) is 38.5 Å². The fourth-order valence-electron chi connectivity index (χ4n) is 2.75. The van der Waals surface area contributed by atoms with E-state index in [9.17, 15) is 4.79 Å². The van der Waals surface area contributed by atoms with Crippen molar-refractivity contribution >= 4 is 5.91 Å². The van der Waals surface area contributed by atoms with Gasteiger partial charge in [-0.15, -0.1) is 0 Å². The second-order valence-corrected chi connectivity index (χ2v) is 6.27. The molecule has 0 aromatic carbocycles. The zero-order valence-corrected chi connectivity index (χ0v) is 12.5. The van der Waals surface area contributed by atoms with Crippen LogP contribution in [0.1, 0.15) is 58.8 Å². The Morgan fingerprint density at radius 3 is 2.17 bits per heavy atom. The van der Waals surface area contributed by atoms with E-state index < -0.39 is 0 Å². The number of carbonyl (C=O) groups is 1. The first-order valence-corrected chi connectivity index (χ1v) is 7.48. The lowest BCUT2D eigenvalue weighted by molar-refractivity contribution is -0.131. The van der Waals surface area contributed by atoms with E-state index in [1.807, 2.05) is 14.1 Å². The van der Waals surface area contributed by atoms with Gasteiger partial charge in [-0.2, -0.15) is 0 Å². The lowest BCUT2D eigenvalue weighted by Gasteiger charge is -2.27. The molecular weight excluding hydrogens is 224 g/mol. The van der Waals surface area contributed by atoms with Crippen LogP contribution in [-0.2, 0) is 4.79 Å². The molecule has 0 saturated heterocycles. The molecule has 1 rings (SSSR count). The van der Waals surface area contributed by atoms with E-state index in [0.717, 1.165) is 6.42 Å². The summed E-state index contributed by atoms with van der Waals surface area (Å²) >= 11 is 0. The molecule has 1 unspecified atom stereocenters. The molecule has 0 spiro atoms. The van der Waals surface area contributed by atoms with Crippen LogP contribution in [0.2, 0.25) is 0 Å². The molecule has 1 aliphatic rings. The zero-order chi connectivity index (χ0) is 13.5. The fourth-order valence-corrected chi connectivity index (χ4v) is 2.75. The summed E-state index contributed by atoms with van der Waals surface area (Å²) in [4.78, 5) is 13.9. The second kappa shape index (κ2) is 7.78. The quantitative estimate of drug-likeness (QED) is 0.765. The fraction of sp³-hybridized carbons (Fsp3) is 0.933. The number of rotatable bonds is 5. The maximum Gasteiger partial charge on any atom is 0.239 e. The zero-order valence-electron chi connectivity index (χ0n) is 12.5. The van der Waals surface area contributed by atoms with Gasteiger partial charge in [0.25, 0.3) is 0 Å². The molecule has 0 aromatic rings. The van der Waals surface area contributed by atoms with Crippen LogP contribution < -0.4 is 5.32 Å². The molecule has 0 bridgehead atoms. The van der Waals surface area contributed by atoms with Crippen LogP contribution in [0.15, 0.2) is 0 Å². The van der Waals surface area contributed by atoms with E-state index in [2.05, 4.69) is 19.2 Å². The molecule has 1 saturated carbocycles. The summed E-state index contributed by atoms with van der Waals surface area (Å²) < 4.78 is 0. The third-order valence-electron chi connectivity index (χ3n) is 3.74. The summed E-state index contributed by atoms with van der Waals surface area (Å²) in [5, 5.41) is 3.62. The minimum atomic E-state index is 0.00287. The summed E-state index contributed by atoms with van der Waals surface area (Å²) in [6.07, 6.45) is 8.73. The lowest BCUT2D eigenvalue weighted by Crippen LogP contribution is -2.48. The maximum absolute atomic E-state index is 12.2. The summed E-state index contributed by atoms with van der Waals surface area (Å²) in [5.74, 6) is 0.783. The Bertz CT molecular complexity index is 243. The van der Waals surface area contributed by atoms with Crippen molar-refractivity contribution in [3.8, 4) is 0 Å². The molecule has 1 aliphatic carbocycles. The predicted octanol–water partition coefficient (Wildman–Crippen LogP) is 2.80. The van der Waals surface area contributed by atoms with Crippen LogP contribution in [0.4, 0.5) is 0 Å². The molecule has 1 atom stereocenters. The van der Waals surface area contributed by atoms with Crippen molar-refractivity contribution in [2.45, 2.75) is 70.9 Å². The molecule has 0 aliphatic heterocycles. The molecule has 18 heavy (non-hydrogen) atoms. The van der Waals surface area contributed by atoms with Gasteiger partial charge in [-0.05, 0) is 25.2 Å². The molecule has 0 aromatic heterocycles. The van der Waals surface area contributed by atoms with Gasteiger partial charge < -0.3 is 10.2 Å². The van der Waals surface area contributed by atoms with Crippen molar-refractivity contribution in [1.29, 1.82) is 0 Å². The Balaban J connectivity index is 2.55. The number of hydrogen-bond acceptors (Lipinski definition) is 2. The molecular formula is C15H30N2O. The van der Waals surface area contributed by atoms with Crippen LogP contribution in [0.3, 0.4) is 0 Å². The smallest absolute Gasteiger partial charge is 0.239 e. The van der Waals surface area contributed by atoms with Gasteiger partial charge >= 0.3 is 0 Å². The van der Waals surface area contributed by atoms with Crippen LogP contribution in [0.25, 0.3) is 0 Å².